The first-order chi connectivity index (χ1) is 9.16. The summed E-state index contributed by atoms with van der Waals surface area (Å²) in [5.74, 6) is -0.129. The van der Waals surface area contributed by atoms with Crippen molar-refractivity contribution < 1.29 is 4.79 Å². The highest BCUT2D eigenvalue weighted by molar-refractivity contribution is 7.09. The van der Waals surface area contributed by atoms with Gasteiger partial charge >= 0.3 is 0 Å². The number of carbonyl (C=O) groups is 1. The molecular formula is C15H18N2OS. The van der Waals surface area contributed by atoms with Crippen LogP contribution in [0.1, 0.15) is 23.4 Å². The second kappa shape index (κ2) is 6.50. The lowest BCUT2D eigenvalue weighted by atomic mass is 10.1. The molecule has 1 aromatic heterocycles. The van der Waals surface area contributed by atoms with Crippen molar-refractivity contribution >= 4 is 17.2 Å². The molecule has 19 heavy (non-hydrogen) atoms. The minimum atomic E-state index is -0.605. The summed E-state index contributed by atoms with van der Waals surface area (Å²) in [6, 6.07) is 13.0. The first kappa shape index (κ1) is 13.8. The number of hydrogen-bond acceptors (Lipinski definition) is 3. The molecule has 1 aromatic carbocycles. The molecule has 3 nitrogen and oxygen atoms in total. The third kappa shape index (κ3) is 3.91. The third-order valence-electron chi connectivity index (χ3n) is 2.92. The lowest BCUT2D eigenvalue weighted by Gasteiger charge is -2.17. The monoisotopic (exact) mass is 274 g/mol. The molecule has 1 heterocycles. The van der Waals surface area contributed by atoms with Crippen LogP contribution in [0.2, 0.25) is 0 Å². The van der Waals surface area contributed by atoms with E-state index in [0.29, 0.717) is 0 Å². The molecule has 4 heteroatoms. The number of rotatable bonds is 5. The quantitative estimate of drug-likeness (QED) is 0.880. The molecule has 0 spiro atoms. The molecule has 1 amide bonds. The van der Waals surface area contributed by atoms with Crippen LogP contribution in [-0.4, -0.2) is 11.9 Å². The van der Waals surface area contributed by atoms with Crippen molar-refractivity contribution in [2.45, 2.75) is 25.4 Å². The molecule has 2 aromatic rings. The fraction of sp³-hybridized carbons (Fsp3) is 0.267. The van der Waals surface area contributed by atoms with Gasteiger partial charge in [-0.25, -0.2) is 0 Å². The third-order valence-corrected chi connectivity index (χ3v) is 3.82. The first-order valence-electron chi connectivity index (χ1n) is 6.30. The fourth-order valence-corrected chi connectivity index (χ4v) is 2.76. The average molecular weight is 274 g/mol. The van der Waals surface area contributed by atoms with E-state index in [1.165, 1.54) is 4.88 Å². The van der Waals surface area contributed by atoms with Crippen molar-refractivity contribution in [3.8, 4) is 0 Å². The second-order valence-electron chi connectivity index (χ2n) is 4.58. The standard InChI is InChI=1S/C15H18N2OS/c1-11(10-13-8-5-9-19-13)17-15(18)14(16)12-6-3-2-4-7-12/h2-9,11,14H,10,16H2,1H3,(H,17,18)/t11-,14+/m1/s1. The smallest absolute Gasteiger partial charge is 0.241 e. The molecule has 0 unspecified atom stereocenters. The van der Waals surface area contributed by atoms with E-state index >= 15 is 0 Å². The predicted molar refractivity (Wildman–Crippen MR) is 79.0 cm³/mol. The maximum Gasteiger partial charge on any atom is 0.241 e. The second-order valence-corrected chi connectivity index (χ2v) is 5.61. The maximum absolute atomic E-state index is 12.0. The molecule has 0 bridgehead atoms. The zero-order valence-electron chi connectivity index (χ0n) is 10.9. The van der Waals surface area contributed by atoms with Crippen molar-refractivity contribution in [2.24, 2.45) is 5.73 Å². The van der Waals surface area contributed by atoms with Gasteiger partial charge in [0, 0.05) is 17.3 Å². The van der Waals surface area contributed by atoms with Gasteiger partial charge in [-0.15, -0.1) is 11.3 Å². The minimum Gasteiger partial charge on any atom is -0.352 e. The number of hydrogen-bond donors (Lipinski definition) is 2. The number of amides is 1. The number of benzene rings is 1. The van der Waals surface area contributed by atoms with Crippen LogP contribution in [-0.2, 0) is 11.2 Å². The highest BCUT2D eigenvalue weighted by Crippen LogP contribution is 2.13. The Balaban J connectivity index is 1.90. The van der Waals surface area contributed by atoms with Crippen LogP contribution in [0.4, 0.5) is 0 Å². The molecule has 0 aliphatic carbocycles. The van der Waals surface area contributed by atoms with Crippen LogP contribution in [0.3, 0.4) is 0 Å². The van der Waals surface area contributed by atoms with E-state index in [1.54, 1.807) is 11.3 Å². The van der Waals surface area contributed by atoms with Gasteiger partial charge in [0.2, 0.25) is 5.91 Å². The highest BCUT2D eigenvalue weighted by Gasteiger charge is 2.17. The van der Waals surface area contributed by atoms with Crippen LogP contribution in [0.5, 0.6) is 0 Å². The zero-order chi connectivity index (χ0) is 13.7. The van der Waals surface area contributed by atoms with Crippen molar-refractivity contribution in [3.05, 3.63) is 58.3 Å². The predicted octanol–water partition coefficient (Wildman–Crippen LogP) is 2.50. The van der Waals surface area contributed by atoms with Gasteiger partial charge in [0.05, 0.1) is 0 Å². The molecule has 0 radical (unpaired) electrons. The Kier molecular flexibility index (Phi) is 4.71. The molecule has 2 rings (SSSR count). The van der Waals surface area contributed by atoms with E-state index in [0.717, 1.165) is 12.0 Å². The topological polar surface area (TPSA) is 55.1 Å². The average Bonchev–Trinajstić information content (AvgIpc) is 2.91. The zero-order valence-corrected chi connectivity index (χ0v) is 11.7. The van der Waals surface area contributed by atoms with Gasteiger partial charge in [0.1, 0.15) is 6.04 Å². The Hall–Kier alpha value is -1.65. The van der Waals surface area contributed by atoms with E-state index < -0.39 is 6.04 Å². The Morgan fingerprint density at radius 1 is 1.26 bits per heavy atom. The molecule has 0 saturated heterocycles. The Morgan fingerprint density at radius 3 is 2.63 bits per heavy atom. The largest absolute Gasteiger partial charge is 0.352 e. The molecule has 0 saturated carbocycles. The molecule has 0 aliphatic rings. The molecule has 3 N–H and O–H groups in total. The number of carbonyl (C=O) groups excluding carboxylic acids is 1. The van der Waals surface area contributed by atoms with Gasteiger partial charge < -0.3 is 11.1 Å². The maximum atomic E-state index is 12.0. The van der Waals surface area contributed by atoms with Crippen molar-refractivity contribution in [1.29, 1.82) is 0 Å². The number of nitrogens with one attached hydrogen (secondary N) is 1. The van der Waals surface area contributed by atoms with E-state index in [2.05, 4.69) is 11.4 Å². The summed E-state index contributed by atoms with van der Waals surface area (Å²) in [5, 5.41) is 5.00. The van der Waals surface area contributed by atoms with Gasteiger partial charge in [-0.1, -0.05) is 36.4 Å². The molecule has 2 atom stereocenters. The van der Waals surface area contributed by atoms with Crippen molar-refractivity contribution in [3.63, 3.8) is 0 Å². The van der Waals surface area contributed by atoms with Crippen LogP contribution in [0.15, 0.2) is 47.8 Å². The fourth-order valence-electron chi connectivity index (χ4n) is 1.93. The van der Waals surface area contributed by atoms with Gasteiger partial charge in [0.25, 0.3) is 0 Å². The van der Waals surface area contributed by atoms with Crippen molar-refractivity contribution in [1.82, 2.24) is 5.32 Å². The molecule has 100 valence electrons. The SMILES string of the molecule is C[C@H](Cc1cccs1)NC(=O)[C@@H](N)c1ccccc1. The van der Waals surface area contributed by atoms with Crippen molar-refractivity contribution in [2.75, 3.05) is 0 Å². The van der Waals surface area contributed by atoms with Crippen LogP contribution in [0.25, 0.3) is 0 Å². The van der Waals surface area contributed by atoms with Gasteiger partial charge in [-0.2, -0.15) is 0 Å². The molecule has 0 fully saturated rings. The van der Waals surface area contributed by atoms with Crippen LogP contribution >= 0.6 is 11.3 Å². The highest BCUT2D eigenvalue weighted by atomic mass is 32.1. The van der Waals surface area contributed by atoms with Crippen LogP contribution < -0.4 is 11.1 Å². The number of nitrogens with two attached hydrogens (primary N) is 1. The molecule has 0 aliphatic heterocycles. The summed E-state index contributed by atoms with van der Waals surface area (Å²) in [4.78, 5) is 13.3. The van der Waals surface area contributed by atoms with Gasteiger partial charge in [-0.3, -0.25) is 4.79 Å². The summed E-state index contributed by atoms with van der Waals surface area (Å²) in [7, 11) is 0. The first-order valence-corrected chi connectivity index (χ1v) is 7.18. The van der Waals surface area contributed by atoms with E-state index in [-0.39, 0.29) is 11.9 Å². The Morgan fingerprint density at radius 2 is 2.00 bits per heavy atom. The van der Waals surface area contributed by atoms with Gasteiger partial charge in [0.15, 0.2) is 0 Å². The Bertz CT molecular complexity index is 510. The Labute approximate surface area is 117 Å². The summed E-state index contributed by atoms with van der Waals surface area (Å²) in [6.07, 6.45) is 0.838. The van der Waals surface area contributed by atoms with Crippen LogP contribution in [0, 0.1) is 0 Å². The van der Waals surface area contributed by atoms with E-state index in [4.69, 9.17) is 5.73 Å². The normalized spacial score (nSPS) is 13.8. The minimum absolute atomic E-state index is 0.0842. The summed E-state index contributed by atoms with van der Waals surface area (Å²) in [6.45, 7) is 2.00. The van der Waals surface area contributed by atoms with E-state index in [1.807, 2.05) is 48.7 Å². The summed E-state index contributed by atoms with van der Waals surface area (Å²) in [5.41, 5.74) is 6.79. The van der Waals surface area contributed by atoms with Gasteiger partial charge in [-0.05, 0) is 23.9 Å². The van der Waals surface area contributed by atoms with E-state index in [9.17, 15) is 4.79 Å². The molecular weight excluding hydrogens is 256 g/mol. The summed E-state index contributed by atoms with van der Waals surface area (Å²) < 4.78 is 0. The summed E-state index contributed by atoms with van der Waals surface area (Å²) >= 11 is 1.70. The lowest BCUT2D eigenvalue weighted by molar-refractivity contribution is -0.123. The lowest BCUT2D eigenvalue weighted by Crippen LogP contribution is -2.40. The number of thiophene rings is 1.